The number of fused-ring (bicyclic) bond motifs is 9. The van der Waals surface area contributed by atoms with Crippen molar-refractivity contribution in [3.8, 4) is 34.5 Å². The first-order valence-corrected chi connectivity index (χ1v) is 37.9. The smallest absolute Gasteiger partial charge is 0.329 e. The van der Waals surface area contributed by atoms with Crippen LogP contribution in [0.25, 0.3) is 22.6 Å². The third-order valence-corrected chi connectivity index (χ3v) is 22.5. The number of likely N-dealkylation sites (N-methyl/N-ethyl adjacent to an activating group) is 4. The number of anilines is 1. The Hall–Kier alpha value is -10.7. The van der Waals surface area contributed by atoms with Gasteiger partial charge in [0, 0.05) is 80.7 Å². The van der Waals surface area contributed by atoms with E-state index in [1.54, 1.807) is 76.5 Å². The highest BCUT2D eigenvalue weighted by molar-refractivity contribution is 6.11. The maximum absolute atomic E-state index is 15.2. The lowest BCUT2D eigenvalue weighted by Crippen LogP contribution is -2.59. The summed E-state index contributed by atoms with van der Waals surface area (Å²) in [6.07, 6.45) is -0.653. The number of carbonyl (C=O) groups is 12. The summed E-state index contributed by atoms with van der Waals surface area (Å²) in [5.74, 6) is -11.3. The normalized spacial score (nSPS) is 26.6. The van der Waals surface area contributed by atoms with E-state index >= 15 is 9.59 Å². The Morgan fingerprint density at radius 3 is 1.50 bits per heavy atom. The van der Waals surface area contributed by atoms with Crippen LogP contribution in [0.1, 0.15) is 163 Å². The standard InChI is InChI=1S/C64H88N10O16.C17H16O4/c1-27(2)44-53(78)35-19-17-21-37(35)61(84)71(13)25-40(75)73(15)50(29(5)6)63(86)88-33(11)46(59(82)67-44)69-57(80)39-24-23-31(9)55-48(39)66-49-42(43(65)52(77)32(10)56(49)90-55)58(81)70-47-34(12)89-64(87)51(30(7)8)74(16)41(76)26-72(14)62(85)38-22-18-20-36(38)54(79)45(28(3)4)68-60(47)83;1-18-10-4-6-13-15(7-10)20-9-14-12-5-3-11(19-2)8-16(12)21-17(13)14/h23-24,27-30,33-38,44-47,50-51H,17-22,25-26,65H2,1-16H3,(H,67,82)(H,68,83)(H,69,80)(H,70,81);3-8,14,17H,9H2,1-2H3. The van der Waals surface area contributed by atoms with Crippen molar-refractivity contribution in [2.45, 2.75) is 182 Å². The van der Waals surface area contributed by atoms with Gasteiger partial charge in [0.1, 0.15) is 76.7 Å². The number of ketones is 2. The van der Waals surface area contributed by atoms with Gasteiger partial charge >= 0.3 is 11.9 Å². The number of nitrogen functional groups attached to an aromatic ring is 1. The maximum Gasteiger partial charge on any atom is 0.329 e. The highest BCUT2D eigenvalue weighted by atomic mass is 16.6. The number of benzene rings is 4. The minimum atomic E-state index is -1.86. The minimum absolute atomic E-state index is 0.00163. The van der Waals surface area contributed by atoms with Gasteiger partial charge in [0.2, 0.25) is 40.9 Å². The van der Waals surface area contributed by atoms with Crippen molar-refractivity contribution in [2.24, 2.45) is 47.3 Å². The number of esters is 2. The van der Waals surface area contributed by atoms with Crippen molar-refractivity contribution in [3.05, 3.63) is 92.1 Å². The molecular formula is C81H104N10O20. The summed E-state index contributed by atoms with van der Waals surface area (Å²) < 4.78 is 40.9. The Morgan fingerprint density at radius 2 is 1.04 bits per heavy atom. The van der Waals surface area contributed by atoms with E-state index in [1.807, 2.05) is 30.3 Å². The van der Waals surface area contributed by atoms with Crippen LogP contribution in [0.15, 0.2) is 57.7 Å². The predicted molar refractivity (Wildman–Crippen MR) is 405 cm³/mol. The zero-order valence-electron chi connectivity index (χ0n) is 66.4. The summed E-state index contributed by atoms with van der Waals surface area (Å²) in [6, 6.07) is 6.14. The number of amides is 8. The monoisotopic (exact) mass is 1540 g/mol. The number of Topliss-reactive ketones (excluding diaryl/α,β-unsaturated/α-hetero) is 2. The minimum Gasteiger partial charge on any atom is -0.497 e. The average Bonchev–Trinajstić information content (AvgIpc) is 0.919. The summed E-state index contributed by atoms with van der Waals surface area (Å²) in [4.78, 5) is 197. The van der Waals surface area contributed by atoms with Crippen molar-refractivity contribution in [2.75, 3.05) is 67.8 Å². The van der Waals surface area contributed by atoms with Gasteiger partial charge in [0.05, 0.1) is 68.7 Å². The van der Waals surface area contributed by atoms with Crippen molar-refractivity contribution in [1.29, 1.82) is 0 Å². The molecule has 598 valence electrons. The lowest BCUT2D eigenvalue weighted by atomic mass is 9.83. The summed E-state index contributed by atoms with van der Waals surface area (Å²) >= 11 is 0. The number of hydrogen-bond acceptors (Lipinski definition) is 22. The third-order valence-electron chi connectivity index (χ3n) is 22.5. The summed E-state index contributed by atoms with van der Waals surface area (Å²) in [7, 11) is 8.98. The van der Waals surface area contributed by atoms with Crippen molar-refractivity contribution >= 4 is 87.5 Å². The molecule has 0 spiro atoms. The van der Waals surface area contributed by atoms with Gasteiger partial charge in [0.15, 0.2) is 22.9 Å². The fraction of sp³-hybridized carbons (Fsp3) is 0.556. The Labute approximate surface area is 644 Å². The van der Waals surface area contributed by atoms with E-state index in [2.05, 4.69) is 27.3 Å². The Bertz CT molecular complexity index is 4530. The fourth-order valence-electron chi connectivity index (χ4n) is 16.2. The van der Waals surface area contributed by atoms with Crippen LogP contribution in [0.2, 0.25) is 0 Å². The SMILES string of the molecule is COc1ccc2c(c1)OC1c3ccc(OC)cc3OCC21.Cc1c2oc3c(C)ccc(C(=O)NC4C(=O)NC(C(C)C)C(=O)C5CCCC5C(=O)N(C)CC(=O)N(C)C(C(C)C)C(=O)OC4C)c3nc-2c(C(=O)NC2C(=O)NC(C(C)C)C(=O)C3CCCC3C(=O)N(C)CC(=O)N(C)C(C(C)C)C(=O)OC2C)c(N)c1=O. The Kier molecular flexibility index (Phi) is 25.3. The molecular weight excluding hydrogens is 1430 g/mol. The van der Waals surface area contributed by atoms with E-state index in [-0.39, 0.29) is 45.7 Å². The number of rotatable bonds is 10. The lowest BCUT2D eigenvalue weighted by Gasteiger charge is -2.35. The summed E-state index contributed by atoms with van der Waals surface area (Å²) in [5.41, 5.74) is 5.92. The second-order valence-electron chi connectivity index (χ2n) is 31.5. The van der Waals surface area contributed by atoms with Gasteiger partial charge in [-0.2, -0.15) is 0 Å². The number of nitrogens with two attached hydrogens (primary N) is 1. The molecule has 8 amide bonds. The van der Waals surface area contributed by atoms with Crippen molar-refractivity contribution in [3.63, 3.8) is 0 Å². The van der Waals surface area contributed by atoms with Crippen LogP contribution in [0.5, 0.6) is 23.0 Å². The van der Waals surface area contributed by atoms with Crippen molar-refractivity contribution < 1.29 is 90.4 Å². The molecule has 4 fully saturated rings. The molecule has 2 saturated heterocycles. The van der Waals surface area contributed by atoms with Gasteiger partial charge < -0.3 is 79.4 Å². The molecule has 3 aromatic carbocycles. The second-order valence-corrected chi connectivity index (χ2v) is 31.5. The number of ether oxygens (including phenoxy) is 6. The van der Waals surface area contributed by atoms with Crippen molar-refractivity contribution in [1.82, 2.24) is 45.9 Å². The van der Waals surface area contributed by atoms with Gasteiger partial charge in [-0.05, 0) is 107 Å². The van der Waals surface area contributed by atoms with Gasteiger partial charge in [-0.25, -0.2) is 14.6 Å². The number of methoxy groups -OCH3 is 2. The van der Waals surface area contributed by atoms with Gasteiger partial charge in [0.25, 0.3) is 11.8 Å². The van der Waals surface area contributed by atoms with Gasteiger partial charge in [-0.1, -0.05) is 80.4 Å². The van der Waals surface area contributed by atoms with E-state index in [0.29, 0.717) is 50.7 Å². The fourth-order valence-corrected chi connectivity index (χ4v) is 16.2. The number of nitrogens with zero attached hydrogens (tertiary/aromatic N) is 5. The van der Waals surface area contributed by atoms with E-state index < -0.39 is 196 Å². The zero-order valence-corrected chi connectivity index (χ0v) is 66.4. The highest BCUT2D eigenvalue weighted by Gasteiger charge is 2.49. The first kappa shape index (κ1) is 82.8. The highest BCUT2D eigenvalue weighted by Crippen LogP contribution is 2.52. The number of carbonyl (C=O) groups excluding carboxylic acids is 12. The molecule has 11 rings (SSSR count). The number of aromatic nitrogens is 1. The lowest BCUT2D eigenvalue weighted by molar-refractivity contribution is -0.163. The molecule has 5 aliphatic heterocycles. The molecule has 6 N–H and O–H groups in total. The first-order chi connectivity index (χ1) is 52.4. The molecule has 3 aliphatic carbocycles. The van der Waals surface area contributed by atoms with Crippen LogP contribution >= 0.6 is 0 Å². The molecule has 111 heavy (non-hydrogen) atoms. The molecule has 14 atom stereocenters. The van der Waals surface area contributed by atoms with E-state index in [4.69, 9.17) is 43.6 Å². The number of cyclic esters (lactones) is 2. The number of aryl methyl sites for hydroxylation is 1. The van der Waals surface area contributed by atoms with Gasteiger partial charge in [-0.15, -0.1) is 0 Å². The molecule has 5 heterocycles. The Balaban J connectivity index is 0.000000528. The van der Waals surface area contributed by atoms with E-state index in [1.165, 1.54) is 76.5 Å². The quantitative estimate of drug-likeness (QED) is 0.0605. The predicted octanol–water partition coefficient (Wildman–Crippen LogP) is 6.03. The second kappa shape index (κ2) is 33.9. The molecule has 0 aromatic heterocycles. The van der Waals surface area contributed by atoms with Crippen LogP contribution < -0.4 is 51.4 Å². The first-order valence-electron chi connectivity index (χ1n) is 37.9. The third kappa shape index (κ3) is 16.7. The molecule has 3 aromatic rings. The molecule has 0 radical (unpaired) electrons. The molecule has 0 bridgehead atoms. The van der Waals surface area contributed by atoms with E-state index in [0.717, 1.165) is 38.4 Å². The average molecular weight is 1540 g/mol. The largest absolute Gasteiger partial charge is 0.497 e. The zero-order chi connectivity index (χ0) is 81.4. The van der Waals surface area contributed by atoms with Crippen LogP contribution in [0.4, 0.5) is 5.69 Å². The van der Waals surface area contributed by atoms with Gasteiger partial charge in [-0.3, -0.25) is 52.7 Å². The maximum atomic E-state index is 15.2. The summed E-state index contributed by atoms with van der Waals surface area (Å²) in [5, 5.41) is 10.8. The topological polar surface area (TPSA) is 390 Å². The molecule has 2 saturated carbocycles. The van der Waals surface area contributed by atoms with E-state index in [9.17, 15) is 52.7 Å². The summed E-state index contributed by atoms with van der Waals surface area (Å²) in [6.45, 7) is 18.9. The van der Waals surface area contributed by atoms with Crippen LogP contribution in [0.3, 0.4) is 0 Å². The Morgan fingerprint density at radius 1 is 0.577 bits per heavy atom. The number of nitrogens with one attached hydrogen (secondary N) is 4. The molecule has 30 heteroatoms. The number of hydrogen-bond donors (Lipinski definition) is 5. The molecule has 30 nitrogen and oxygen atoms in total. The van der Waals surface area contributed by atoms with Crippen LogP contribution in [-0.2, 0) is 57.4 Å². The van der Waals surface area contributed by atoms with Crippen LogP contribution in [-0.4, -0.2) is 206 Å². The van der Waals surface area contributed by atoms with Crippen LogP contribution in [0, 0.1) is 61.2 Å². The molecule has 14 unspecified atom stereocenters. The molecule has 8 aliphatic rings.